The highest BCUT2D eigenvalue weighted by molar-refractivity contribution is 5.13. The summed E-state index contributed by atoms with van der Waals surface area (Å²) < 4.78 is 5.77. The summed E-state index contributed by atoms with van der Waals surface area (Å²) in [6, 6.07) is 0. The van der Waals surface area contributed by atoms with E-state index in [9.17, 15) is 0 Å². The van der Waals surface area contributed by atoms with E-state index in [-0.39, 0.29) is 6.10 Å². The van der Waals surface area contributed by atoms with Gasteiger partial charge in [0, 0.05) is 30.5 Å². The smallest absolute Gasteiger partial charge is 0.131 e. The van der Waals surface area contributed by atoms with Crippen molar-refractivity contribution >= 4 is 0 Å². The van der Waals surface area contributed by atoms with Crippen molar-refractivity contribution in [2.24, 2.45) is 5.92 Å². The van der Waals surface area contributed by atoms with E-state index in [1.54, 1.807) is 0 Å². The Labute approximate surface area is 96.3 Å². The fourth-order valence-electron chi connectivity index (χ4n) is 2.26. The second-order valence-corrected chi connectivity index (χ2v) is 5.14. The quantitative estimate of drug-likeness (QED) is 0.765. The molecule has 1 unspecified atom stereocenters. The van der Waals surface area contributed by atoms with Crippen LogP contribution in [-0.2, 0) is 4.74 Å². The molecule has 2 aliphatic rings. The van der Waals surface area contributed by atoms with E-state index in [0.717, 1.165) is 30.3 Å². The van der Waals surface area contributed by atoms with Crippen molar-refractivity contribution in [3.05, 3.63) is 23.8 Å². The van der Waals surface area contributed by atoms with E-state index in [1.807, 2.05) is 12.4 Å². The zero-order chi connectivity index (χ0) is 11.0. The van der Waals surface area contributed by atoms with Gasteiger partial charge in [-0.2, -0.15) is 0 Å². The van der Waals surface area contributed by atoms with Crippen LogP contribution in [0.15, 0.2) is 12.4 Å². The molecule has 0 aromatic carbocycles. The Kier molecular flexibility index (Phi) is 2.64. The van der Waals surface area contributed by atoms with Gasteiger partial charge in [-0.25, -0.2) is 9.97 Å². The molecule has 1 aromatic rings. The lowest BCUT2D eigenvalue weighted by Crippen LogP contribution is -2.18. The number of aromatic nitrogens is 2. The average Bonchev–Trinajstić information content (AvgIpc) is 3.13. The molecule has 3 nitrogen and oxygen atoms in total. The summed E-state index contributed by atoms with van der Waals surface area (Å²) in [5, 5.41) is 0. The summed E-state index contributed by atoms with van der Waals surface area (Å²) in [5.41, 5.74) is 1.15. The van der Waals surface area contributed by atoms with E-state index in [4.69, 9.17) is 4.74 Å². The van der Waals surface area contributed by atoms with Gasteiger partial charge in [-0.05, 0) is 31.6 Å². The lowest BCUT2D eigenvalue weighted by Gasteiger charge is -2.27. The molecule has 0 N–H and O–H groups in total. The molecule has 0 spiro atoms. The molecule has 1 saturated carbocycles. The topological polar surface area (TPSA) is 35.0 Å². The second-order valence-electron chi connectivity index (χ2n) is 5.14. The van der Waals surface area contributed by atoms with Gasteiger partial charge in [0.05, 0.1) is 6.10 Å². The van der Waals surface area contributed by atoms with Crippen molar-refractivity contribution in [1.82, 2.24) is 9.97 Å². The summed E-state index contributed by atoms with van der Waals surface area (Å²) >= 11 is 0. The van der Waals surface area contributed by atoms with Gasteiger partial charge in [-0.15, -0.1) is 0 Å². The van der Waals surface area contributed by atoms with E-state index < -0.39 is 0 Å². The number of hydrogen-bond donors (Lipinski definition) is 0. The molecule has 3 rings (SSSR count). The van der Waals surface area contributed by atoms with Crippen LogP contribution >= 0.6 is 0 Å². The van der Waals surface area contributed by atoms with Crippen LogP contribution in [0.1, 0.15) is 56.0 Å². The lowest BCUT2D eigenvalue weighted by molar-refractivity contribution is -0.00673. The summed E-state index contributed by atoms with van der Waals surface area (Å²) in [5.74, 6) is 2.41. The van der Waals surface area contributed by atoms with Crippen molar-refractivity contribution in [3.63, 3.8) is 0 Å². The standard InChI is InChI=1S/C13H18N2O/c1-9-4-5-16-12(6-9)11-7-14-13(15-8-11)10-2-3-10/h7-10,12H,2-6H2,1H3/t9-,12?/m0/s1. The summed E-state index contributed by atoms with van der Waals surface area (Å²) in [6.07, 6.45) is 8.94. The Morgan fingerprint density at radius 3 is 2.56 bits per heavy atom. The van der Waals surface area contributed by atoms with E-state index in [1.165, 1.54) is 19.3 Å². The normalized spacial score (nSPS) is 30.3. The van der Waals surface area contributed by atoms with Crippen LogP contribution in [0.5, 0.6) is 0 Å². The molecule has 16 heavy (non-hydrogen) atoms. The van der Waals surface area contributed by atoms with Crippen LogP contribution in [0.3, 0.4) is 0 Å². The van der Waals surface area contributed by atoms with E-state index in [0.29, 0.717) is 5.92 Å². The highest BCUT2D eigenvalue weighted by atomic mass is 16.5. The third-order valence-corrected chi connectivity index (χ3v) is 3.55. The van der Waals surface area contributed by atoms with Gasteiger partial charge in [0.1, 0.15) is 5.82 Å². The van der Waals surface area contributed by atoms with Gasteiger partial charge in [-0.1, -0.05) is 6.92 Å². The first-order valence-electron chi connectivity index (χ1n) is 6.26. The van der Waals surface area contributed by atoms with Gasteiger partial charge < -0.3 is 4.74 Å². The Morgan fingerprint density at radius 1 is 1.19 bits per heavy atom. The molecule has 2 atom stereocenters. The highest BCUT2D eigenvalue weighted by Gasteiger charge is 2.27. The molecule has 1 aliphatic heterocycles. The summed E-state index contributed by atoms with van der Waals surface area (Å²) in [7, 11) is 0. The maximum atomic E-state index is 5.77. The first-order chi connectivity index (χ1) is 7.83. The van der Waals surface area contributed by atoms with Crippen LogP contribution in [0, 0.1) is 5.92 Å². The largest absolute Gasteiger partial charge is 0.373 e. The Bertz CT molecular complexity index is 359. The minimum atomic E-state index is 0.219. The molecule has 0 amide bonds. The minimum absolute atomic E-state index is 0.219. The van der Waals surface area contributed by atoms with Crippen LogP contribution in [0.2, 0.25) is 0 Å². The number of rotatable bonds is 2. The molecule has 0 radical (unpaired) electrons. The van der Waals surface area contributed by atoms with Gasteiger partial charge in [0.25, 0.3) is 0 Å². The average molecular weight is 218 g/mol. The second kappa shape index (κ2) is 4.13. The first kappa shape index (κ1) is 10.2. The molecule has 1 saturated heterocycles. The fraction of sp³-hybridized carbons (Fsp3) is 0.692. The molecule has 1 aliphatic carbocycles. The third kappa shape index (κ3) is 2.09. The van der Waals surface area contributed by atoms with Gasteiger partial charge in [0.15, 0.2) is 0 Å². The predicted molar refractivity (Wildman–Crippen MR) is 61.1 cm³/mol. The highest BCUT2D eigenvalue weighted by Crippen LogP contribution is 2.38. The first-order valence-corrected chi connectivity index (χ1v) is 6.26. The molecule has 0 bridgehead atoms. The van der Waals surface area contributed by atoms with E-state index in [2.05, 4.69) is 16.9 Å². The van der Waals surface area contributed by atoms with Gasteiger partial charge in [-0.3, -0.25) is 0 Å². The van der Waals surface area contributed by atoms with Crippen molar-refractivity contribution in [3.8, 4) is 0 Å². The van der Waals surface area contributed by atoms with Crippen molar-refractivity contribution in [1.29, 1.82) is 0 Å². The summed E-state index contributed by atoms with van der Waals surface area (Å²) in [6.45, 7) is 3.16. The molecule has 2 heterocycles. The molecule has 3 heteroatoms. The number of ether oxygens (including phenoxy) is 1. The Morgan fingerprint density at radius 2 is 1.94 bits per heavy atom. The zero-order valence-electron chi connectivity index (χ0n) is 9.72. The summed E-state index contributed by atoms with van der Waals surface area (Å²) in [4.78, 5) is 8.90. The third-order valence-electron chi connectivity index (χ3n) is 3.55. The molecule has 1 aromatic heterocycles. The number of hydrogen-bond acceptors (Lipinski definition) is 3. The lowest BCUT2D eigenvalue weighted by atomic mass is 9.95. The SMILES string of the molecule is C[C@H]1CCOC(c2cnc(C3CC3)nc2)C1. The van der Waals surface area contributed by atoms with Crippen LogP contribution in [0.25, 0.3) is 0 Å². The molecular formula is C13H18N2O. The van der Waals surface area contributed by atoms with Crippen LogP contribution in [0.4, 0.5) is 0 Å². The maximum absolute atomic E-state index is 5.77. The minimum Gasteiger partial charge on any atom is -0.373 e. The van der Waals surface area contributed by atoms with Crippen LogP contribution in [-0.4, -0.2) is 16.6 Å². The maximum Gasteiger partial charge on any atom is 0.131 e. The molecule has 2 fully saturated rings. The van der Waals surface area contributed by atoms with Crippen molar-refractivity contribution in [2.45, 2.75) is 44.6 Å². The Hall–Kier alpha value is -0.960. The van der Waals surface area contributed by atoms with Gasteiger partial charge >= 0.3 is 0 Å². The predicted octanol–water partition coefficient (Wildman–Crippen LogP) is 2.84. The van der Waals surface area contributed by atoms with E-state index >= 15 is 0 Å². The Balaban J connectivity index is 1.72. The monoisotopic (exact) mass is 218 g/mol. The van der Waals surface area contributed by atoms with Crippen molar-refractivity contribution < 1.29 is 4.74 Å². The van der Waals surface area contributed by atoms with Crippen LogP contribution < -0.4 is 0 Å². The fourth-order valence-corrected chi connectivity index (χ4v) is 2.26. The molecule has 86 valence electrons. The number of nitrogens with zero attached hydrogens (tertiary/aromatic N) is 2. The molecular weight excluding hydrogens is 200 g/mol. The van der Waals surface area contributed by atoms with Crippen molar-refractivity contribution in [2.75, 3.05) is 6.61 Å². The zero-order valence-corrected chi connectivity index (χ0v) is 9.72. The van der Waals surface area contributed by atoms with Gasteiger partial charge in [0.2, 0.25) is 0 Å².